The van der Waals surface area contributed by atoms with Gasteiger partial charge in [-0.3, -0.25) is 15.1 Å². The molecule has 1 heterocycles. The van der Waals surface area contributed by atoms with Crippen molar-refractivity contribution in [2.24, 2.45) is 0 Å². The number of aliphatic hydroxyl groups excluding tert-OH is 1. The summed E-state index contributed by atoms with van der Waals surface area (Å²) >= 11 is 0. The second-order valence-corrected chi connectivity index (χ2v) is 3.03. The lowest BCUT2D eigenvalue weighted by Crippen LogP contribution is -2.09. The minimum Gasteiger partial charge on any atom is -0.393 e. The molecule has 0 fully saturated rings. The Morgan fingerprint density at radius 3 is 3.00 bits per heavy atom. The van der Waals surface area contributed by atoms with E-state index in [0.29, 0.717) is 18.5 Å². The molecule has 5 heteroatoms. The average Bonchev–Trinajstić information content (AvgIpc) is 2.18. The first-order valence-electron chi connectivity index (χ1n) is 4.41. The molecule has 0 radical (unpaired) electrons. The molecule has 0 amide bonds. The van der Waals surface area contributed by atoms with Crippen LogP contribution in [0.5, 0.6) is 0 Å². The molecule has 1 unspecified atom stereocenters. The summed E-state index contributed by atoms with van der Waals surface area (Å²) in [6, 6.07) is 2.72. The van der Waals surface area contributed by atoms with Crippen molar-refractivity contribution in [1.82, 2.24) is 4.98 Å². The Kier molecular flexibility index (Phi) is 3.53. The molecule has 5 nitrogen and oxygen atoms in total. The summed E-state index contributed by atoms with van der Waals surface area (Å²) in [5.41, 5.74) is 0.562. The Balaban J connectivity index is 2.78. The lowest BCUT2D eigenvalue weighted by molar-refractivity contribution is -0.385. The summed E-state index contributed by atoms with van der Waals surface area (Å²) in [4.78, 5) is 13.9. The normalized spacial score (nSPS) is 12.4. The van der Waals surface area contributed by atoms with Crippen molar-refractivity contribution in [3.05, 3.63) is 34.1 Å². The van der Waals surface area contributed by atoms with Crippen molar-refractivity contribution in [3.8, 4) is 0 Å². The third-order valence-corrected chi connectivity index (χ3v) is 1.93. The van der Waals surface area contributed by atoms with Crippen LogP contribution in [-0.4, -0.2) is 21.1 Å². The van der Waals surface area contributed by atoms with E-state index in [-0.39, 0.29) is 5.69 Å². The minimum atomic E-state index is -0.482. The van der Waals surface area contributed by atoms with Crippen LogP contribution in [0.1, 0.15) is 19.0 Å². The highest BCUT2D eigenvalue weighted by Gasteiger charge is 2.09. The van der Waals surface area contributed by atoms with Crippen LogP contribution in [0.25, 0.3) is 0 Å². The SMILES string of the molecule is CCC(O)Cc1cc([N+](=O)[O-])ccn1. The Morgan fingerprint density at radius 2 is 2.43 bits per heavy atom. The van der Waals surface area contributed by atoms with Gasteiger partial charge < -0.3 is 5.11 Å². The predicted octanol–water partition coefficient (Wildman–Crippen LogP) is 1.30. The number of aliphatic hydroxyl groups is 1. The molecular weight excluding hydrogens is 184 g/mol. The number of rotatable bonds is 4. The summed E-state index contributed by atoms with van der Waals surface area (Å²) in [5.74, 6) is 0. The van der Waals surface area contributed by atoms with Gasteiger partial charge in [-0.15, -0.1) is 0 Å². The fourth-order valence-corrected chi connectivity index (χ4v) is 1.08. The highest BCUT2D eigenvalue weighted by Crippen LogP contribution is 2.12. The van der Waals surface area contributed by atoms with Gasteiger partial charge in [-0.1, -0.05) is 6.92 Å². The van der Waals surface area contributed by atoms with Crippen molar-refractivity contribution >= 4 is 5.69 Å². The summed E-state index contributed by atoms with van der Waals surface area (Å²) in [7, 11) is 0. The molecule has 1 N–H and O–H groups in total. The maximum Gasteiger partial charge on any atom is 0.272 e. The third kappa shape index (κ3) is 2.77. The van der Waals surface area contributed by atoms with E-state index in [1.807, 2.05) is 6.92 Å². The van der Waals surface area contributed by atoms with Crippen LogP contribution in [0.15, 0.2) is 18.3 Å². The lowest BCUT2D eigenvalue weighted by atomic mass is 10.1. The van der Waals surface area contributed by atoms with E-state index in [0.717, 1.165) is 0 Å². The second-order valence-electron chi connectivity index (χ2n) is 3.03. The zero-order valence-corrected chi connectivity index (χ0v) is 7.88. The molecule has 0 bridgehead atoms. The van der Waals surface area contributed by atoms with E-state index in [1.54, 1.807) is 0 Å². The van der Waals surface area contributed by atoms with Crippen molar-refractivity contribution < 1.29 is 10.0 Å². The van der Waals surface area contributed by atoms with Gasteiger partial charge in [0.15, 0.2) is 0 Å². The van der Waals surface area contributed by atoms with Crippen LogP contribution >= 0.6 is 0 Å². The Morgan fingerprint density at radius 1 is 1.71 bits per heavy atom. The van der Waals surface area contributed by atoms with Gasteiger partial charge in [0.05, 0.1) is 11.0 Å². The zero-order valence-electron chi connectivity index (χ0n) is 7.88. The average molecular weight is 196 g/mol. The van der Waals surface area contributed by atoms with Crippen LogP contribution in [0.4, 0.5) is 5.69 Å². The van der Waals surface area contributed by atoms with Gasteiger partial charge in [-0.25, -0.2) is 0 Å². The molecule has 0 aliphatic rings. The van der Waals surface area contributed by atoms with Crippen molar-refractivity contribution in [1.29, 1.82) is 0 Å². The molecule has 0 aliphatic carbocycles. The van der Waals surface area contributed by atoms with Gasteiger partial charge >= 0.3 is 0 Å². The zero-order chi connectivity index (χ0) is 10.6. The number of pyridine rings is 1. The second kappa shape index (κ2) is 4.66. The summed E-state index contributed by atoms with van der Waals surface area (Å²) < 4.78 is 0. The lowest BCUT2D eigenvalue weighted by Gasteiger charge is -2.05. The Hall–Kier alpha value is -1.49. The number of aromatic nitrogens is 1. The standard InChI is InChI=1S/C9H12N2O3/c1-2-9(12)6-7-5-8(11(13)14)3-4-10-7/h3-5,9,12H,2,6H2,1H3. The van der Waals surface area contributed by atoms with Gasteiger partial charge in [-0.2, -0.15) is 0 Å². The van der Waals surface area contributed by atoms with Gasteiger partial charge in [0.1, 0.15) is 0 Å². The topological polar surface area (TPSA) is 76.3 Å². The quantitative estimate of drug-likeness (QED) is 0.581. The van der Waals surface area contributed by atoms with Crippen LogP contribution in [0, 0.1) is 10.1 Å². The van der Waals surface area contributed by atoms with Crippen LogP contribution in [0.3, 0.4) is 0 Å². The van der Waals surface area contributed by atoms with Gasteiger partial charge in [0, 0.05) is 30.4 Å². The fraction of sp³-hybridized carbons (Fsp3) is 0.444. The number of nitro groups is 1. The van der Waals surface area contributed by atoms with Crippen LogP contribution in [-0.2, 0) is 6.42 Å². The van der Waals surface area contributed by atoms with Crippen molar-refractivity contribution in [3.63, 3.8) is 0 Å². The molecule has 1 aromatic heterocycles. The minimum absolute atomic E-state index is 0.0123. The molecule has 0 aromatic carbocycles. The molecular formula is C9H12N2O3. The molecule has 1 rings (SSSR count). The van der Waals surface area contributed by atoms with E-state index in [1.165, 1.54) is 18.3 Å². The fourth-order valence-electron chi connectivity index (χ4n) is 1.08. The first-order valence-corrected chi connectivity index (χ1v) is 4.41. The monoisotopic (exact) mass is 196 g/mol. The van der Waals surface area contributed by atoms with E-state index >= 15 is 0 Å². The maximum absolute atomic E-state index is 10.4. The van der Waals surface area contributed by atoms with Crippen LogP contribution in [0.2, 0.25) is 0 Å². The highest BCUT2D eigenvalue weighted by atomic mass is 16.6. The van der Waals surface area contributed by atoms with Gasteiger partial charge in [0.2, 0.25) is 0 Å². The van der Waals surface area contributed by atoms with E-state index in [4.69, 9.17) is 0 Å². The molecule has 0 aliphatic heterocycles. The molecule has 0 spiro atoms. The van der Waals surface area contributed by atoms with Gasteiger partial charge in [0.25, 0.3) is 5.69 Å². The summed E-state index contributed by atoms with van der Waals surface area (Å²) in [6.07, 6.45) is 1.88. The molecule has 1 atom stereocenters. The number of hydrogen-bond donors (Lipinski definition) is 1. The van der Waals surface area contributed by atoms with Crippen molar-refractivity contribution in [2.45, 2.75) is 25.9 Å². The molecule has 0 saturated heterocycles. The molecule has 14 heavy (non-hydrogen) atoms. The number of nitrogens with zero attached hydrogens (tertiary/aromatic N) is 2. The molecule has 1 aromatic rings. The number of hydrogen-bond acceptors (Lipinski definition) is 4. The summed E-state index contributed by atoms with van der Waals surface area (Å²) in [5, 5.41) is 19.8. The van der Waals surface area contributed by atoms with Crippen LogP contribution < -0.4 is 0 Å². The Labute approximate surface area is 81.6 Å². The first-order chi connectivity index (χ1) is 6.63. The van der Waals surface area contributed by atoms with Gasteiger partial charge in [-0.05, 0) is 6.42 Å². The highest BCUT2D eigenvalue weighted by molar-refractivity contribution is 5.29. The summed E-state index contributed by atoms with van der Waals surface area (Å²) in [6.45, 7) is 1.85. The molecule has 76 valence electrons. The Bertz CT molecular complexity index is 328. The van der Waals surface area contributed by atoms with E-state index in [9.17, 15) is 15.2 Å². The largest absolute Gasteiger partial charge is 0.393 e. The predicted molar refractivity (Wildman–Crippen MR) is 50.9 cm³/mol. The van der Waals surface area contributed by atoms with E-state index < -0.39 is 11.0 Å². The van der Waals surface area contributed by atoms with Crippen molar-refractivity contribution in [2.75, 3.05) is 0 Å². The smallest absolute Gasteiger partial charge is 0.272 e. The maximum atomic E-state index is 10.4. The molecule has 0 saturated carbocycles. The third-order valence-electron chi connectivity index (χ3n) is 1.93. The van der Waals surface area contributed by atoms with E-state index in [2.05, 4.69) is 4.98 Å². The first kappa shape index (κ1) is 10.6.